The average molecular weight is 180 g/mol. The summed E-state index contributed by atoms with van der Waals surface area (Å²) in [5.41, 5.74) is 0. The molecular formula is C11H18NO. The quantitative estimate of drug-likeness (QED) is 0.319. The molecule has 0 heterocycles. The summed E-state index contributed by atoms with van der Waals surface area (Å²) in [6.45, 7) is 6.93. The Bertz CT molecular complexity index is 163. The number of allylic oxidation sites excluding steroid dienone is 1. The van der Waals surface area contributed by atoms with Gasteiger partial charge in [-0.1, -0.05) is 38.0 Å². The lowest BCUT2D eigenvalue weighted by Crippen LogP contribution is -2.21. The van der Waals surface area contributed by atoms with E-state index in [1.165, 1.54) is 12.8 Å². The van der Waals surface area contributed by atoms with Crippen molar-refractivity contribution in [2.45, 2.75) is 26.2 Å². The van der Waals surface area contributed by atoms with Gasteiger partial charge in [-0.3, -0.25) is 4.79 Å². The van der Waals surface area contributed by atoms with E-state index in [4.69, 9.17) is 0 Å². The molecule has 0 N–H and O–H groups in total. The lowest BCUT2D eigenvalue weighted by Gasteiger charge is -2.09. The van der Waals surface area contributed by atoms with Crippen LogP contribution in [-0.2, 0) is 4.79 Å². The Morgan fingerprint density at radius 2 is 2.15 bits per heavy atom. The molecule has 73 valence electrons. The van der Waals surface area contributed by atoms with Crippen LogP contribution in [0, 0.1) is 0 Å². The number of nitrogens with zero attached hydrogens (tertiary/aromatic N) is 1. The fourth-order valence-corrected chi connectivity index (χ4v) is 0.947. The van der Waals surface area contributed by atoms with Gasteiger partial charge in [0.2, 0.25) is 0 Å². The van der Waals surface area contributed by atoms with Crippen molar-refractivity contribution < 1.29 is 4.79 Å². The Morgan fingerprint density at radius 1 is 1.38 bits per heavy atom. The minimum atomic E-state index is 0.571. The lowest BCUT2D eigenvalue weighted by molar-refractivity contribution is 0.437. The molecule has 0 rings (SSSR count). The van der Waals surface area contributed by atoms with Gasteiger partial charge in [-0.15, -0.1) is 6.58 Å². The number of hydrogen-bond donors (Lipinski definition) is 0. The van der Waals surface area contributed by atoms with Crippen LogP contribution < -0.4 is 0 Å². The lowest BCUT2D eigenvalue weighted by atomic mass is 10.2. The van der Waals surface area contributed by atoms with Crippen LogP contribution in [0.5, 0.6) is 0 Å². The first-order valence-electron chi connectivity index (χ1n) is 4.73. The molecule has 0 atom stereocenters. The van der Waals surface area contributed by atoms with E-state index in [1.54, 1.807) is 11.0 Å². The highest BCUT2D eigenvalue weighted by Crippen LogP contribution is 1.95. The van der Waals surface area contributed by atoms with Crippen molar-refractivity contribution in [3.05, 3.63) is 24.8 Å². The van der Waals surface area contributed by atoms with E-state index in [2.05, 4.69) is 19.6 Å². The molecule has 0 aliphatic rings. The van der Waals surface area contributed by atoms with Gasteiger partial charge in [0, 0.05) is 13.1 Å². The summed E-state index contributed by atoms with van der Waals surface area (Å²) in [6, 6.07) is 0. The molecule has 0 spiro atoms. The van der Waals surface area contributed by atoms with Crippen molar-refractivity contribution in [3.8, 4) is 0 Å². The van der Waals surface area contributed by atoms with E-state index in [0.717, 1.165) is 6.42 Å². The van der Waals surface area contributed by atoms with Crippen molar-refractivity contribution in [2.24, 2.45) is 0 Å². The minimum Gasteiger partial charge on any atom is -0.327 e. The van der Waals surface area contributed by atoms with Gasteiger partial charge in [-0.2, -0.15) is 0 Å². The molecule has 1 amide bonds. The predicted octanol–water partition coefficient (Wildman–Crippen LogP) is 2.29. The largest absolute Gasteiger partial charge is 0.327 e. The predicted molar refractivity (Wildman–Crippen MR) is 56.1 cm³/mol. The number of carbonyl (C=O) groups excluding carboxylic acids is 1. The molecule has 2 nitrogen and oxygen atoms in total. The maximum atomic E-state index is 10.3. The van der Waals surface area contributed by atoms with E-state index in [-0.39, 0.29) is 0 Å². The Labute approximate surface area is 80.9 Å². The number of unbranched alkanes of at least 4 members (excludes halogenated alkanes) is 2. The maximum absolute atomic E-state index is 10.3. The number of rotatable bonds is 8. The Balaban J connectivity index is 3.51. The standard InChI is InChI=1S/C11H18NO/c1-3-5-6-7-8-10-12(11-13)9-4-2/h4,7-8H,2-3,5-6,9-10H2,1H3/b8-7+. The van der Waals surface area contributed by atoms with Crippen LogP contribution in [-0.4, -0.2) is 24.4 Å². The van der Waals surface area contributed by atoms with Crippen molar-refractivity contribution in [1.82, 2.24) is 4.90 Å². The highest BCUT2D eigenvalue weighted by molar-refractivity contribution is 5.48. The smallest absolute Gasteiger partial charge is 0.312 e. The van der Waals surface area contributed by atoms with E-state index >= 15 is 0 Å². The molecule has 1 radical (unpaired) electrons. The second-order valence-corrected chi connectivity index (χ2v) is 2.90. The molecule has 2 heteroatoms. The summed E-state index contributed by atoms with van der Waals surface area (Å²) >= 11 is 0. The molecule has 0 aromatic rings. The number of amides is 1. The second kappa shape index (κ2) is 9.04. The molecule has 0 fully saturated rings. The number of hydrogen-bond acceptors (Lipinski definition) is 1. The fraction of sp³-hybridized carbons (Fsp3) is 0.545. The first-order valence-corrected chi connectivity index (χ1v) is 4.73. The summed E-state index contributed by atoms with van der Waals surface area (Å²) in [4.78, 5) is 11.9. The SMILES string of the molecule is C=CCN([C]=O)C/C=C/CCCC. The molecule has 0 unspecified atom stereocenters. The Kier molecular flexibility index (Phi) is 8.31. The summed E-state index contributed by atoms with van der Waals surface area (Å²) in [7, 11) is 0. The second-order valence-electron chi connectivity index (χ2n) is 2.90. The molecule has 0 saturated heterocycles. The first-order chi connectivity index (χ1) is 6.35. The van der Waals surface area contributed by atoms with Gasteiger partial charge < -0.3 is 4.90 Å². The van der Waals surface area contributed by atoms with Gasteiger partial charge in [-0.25, -0.2) is 0 Å². The van der Waals surface area contributed by atoms with E-state index < -0.39 is 0 Å². The van der Waals surface area contributed by atoms with Crippen LogP contribution in [0.25, 0.3) is 0 Å². The van der Waals surface area contributed by atoms with Crippen LogP contribution in [0.2, 0.25) is 0 Å². The summed E-state index contributed by atoms with van der Waals surface area (Å²) < 4.78 is 0. The van der Waals surface area contributed by atoms with Crippen LogP contribution in [0.15, 0.2) is 24.8 Å². The maximum Gasteiger partial charge on any atom is 0.312 e. The van der Waals surface area contributed by atoms with Crippen LogP contribution in [0.4, 0.5) is 0 Å². The molecular weight excluding hydrogens is 162 g/mol. The third-order valence-electron chi connectivity index (χ3n) is 1.70. The van der Waals surface area contributed by atoms with Gasteiger partial charge >= 0.3 is 6.41 Å². The summed E-state index contributed by atoms with van der Waals surface area (Å²) in [6.07, 6.45) is 11.2. The minimum absolute atomic E-state index is 0.571. The van der Waals surface area contributed by atoms with Gasteiger partial charge in [0.15, 0.2) is 0 Å². The fourth-order valence-electron chi connectivity index (χ4n) is 0.947. The van der Waals surface area contributed by atoms with Gasteiger partial charge in [-0.05, 0) is 6.42 Å². The first kappa shape index (κ1) is 11.9. The van der Waals surface area contributed by atoms with E-state index in [9.17, 15) is 4.79 Å². The summed E-state index contributed by atoms with van der Waals surface area (Å²) in [5, 5.41) is 0. The highest BCUT2D eigenvalue weighted by Gasteiger charge is 1.94. The zero-order valence-corrected chi connectivity index (χ0v) is 8.33. The van der Waals surface area contributed by atoms with Crippen LogP contribution in [0.3, 0.4) is 0 Å². The van der Waals surface area contributed by atoms with Crippen molar-refractivity contribution >= 4 is 6.41 Å². The Morgan fingerprint density at radius 3 is 2.69 bits per heavy atom. The zero-order chi connectivity index (χ0) is 9.94. The van der Waals surface area contributed by atoms with Crippen molar-refractivity contribution in [1.29, 1.82) is 0 Å². The third kappa shape index (κ3) is 7.32. The monoisotopic (exact) mass is 180 g/mol. The van der Waals surface area contributed by atoms with Crippen molar-refractivity contribution in [2.75, 3.05) is 13.1 Å². The van der Waals surface area contributed by atoms with Gasteiger partial charge in [0.1, 0.15) is 0 Å². The molecule has 0 bridgehead atoms. The summed E-state index contributed by atoms with van der Waals surface area (Å²) in [5.74, 6) is 0. The molecule has 0 aromatic carbocycles. The highest BCUT2D eigenvalue weighted by atomic mass is 16.1. The molecule has 0 saturated carbocycles. The third-order valence-corrected chi connectivity index (χ3v) is 1.70. The van der Waals surface area contributed by atoms with Crippen LogP contribution >= 0.6 is 0 Å². The molecule has 0 aromatic heterocycles. The van der Waals surface area contributed by atoms with Crippen LogP contribution in [0.1, 0.15) is 26.2 Å². The topological polar surface area (TPSA) is 20.3 Å². The molecule has 0 aliphatic heterocycles. The molecule has 13 heavy (non-hydrogen) atoms. The normalized spacial score (nSPS) is 10.2. The van der Waals surface area contributed by atoms with E-state index in [1.807, 2.05) is 12.5 Å². The van der Waals surface area contributed by atoms with Gasteiger partial charge in [0.05, 0.1) is 0 Å². The van der Waals surface area contributed by atoms with E-state index in [0.29, 0.717) is 13.1 Å². The van der Waals surface area contributed by atoms with Crippen molar-refractivity contribution in [3.63, 3.8) is 0 Å². The Hall–Kier alpha value is -1.05. The average Bonchev–Trinajstić information content (AvgIpc) is 2.16. The molecule has 0 aliphatic carbocycles. The zero-order valence-electron chi connectivity index (χ0n) is 8.33. The van der Waals surface area contributed by atoms with Gasteiger partial charge in [0.25, 0.3) is 0 Å².